The van der Waals surface area contributed by atoms with Crippen molar-refractivity contribution >= 4 is 39.6 Å². The normalized spacial score (nSPS) is 13.5. The maximum Gasteiger partial charge on any atom is 0.312 e. The zero-order chi connectivity index (χ0) is 21.3. The van der Waals surface area contributed by atoms with E-state index in [0.29, 0.717) is 30.0 Å². The minimum absolute atomic E-state index is 0.0916. The fourth-order valence-electron chi connectivity index (χ4n) is 4.07. The summed E-state index contributed by atoms with van der Waals surface area (Å²) >= 11 is 2.41. The first kappa shape index (κ1) is 21.4. The molecule has 4 rings (SSSR count). The lowest BCUT2D eigenvalue weighted by Gasteiger charge is -2.12. The molecule has 30 heavy (non-hydrogen) atoms. The number of nitrogens with two attached hydrogens (primary N) is 1. The number of hydrogen-bond donors (Lipinski definition) is 2. The molecule has 3 aromatic rings. The van der Waals surface area contributed by atoms with E-state index in [2.05, 4.69) is 63.9 Å². The lowest BCUT2D eigenvalue weighted by molar-refractivity contribution is 0.514. The molecule has 0 aliphatic heterocycles. The van der Waals surface area contributed by atoms with Crippen molar-refractivity contribution in [1.29, 1.82) is 0 Å². The van der Waals surface area contributed by atoms with Gasteiger partial charge in [0.1, 0.15) is 5.82 Å². The van der Waals surface area contributed by atoms with Crippen molar-refractivity contribution in [2.75, 3.05) is 18.8 Å². The maximum absolute atomic E-state index is 13.9. The highest BCUT2D eigenvalue weighted by Gasteiger charge is 2.19. The maximum atomic E-state index is 13.9. The fraction of sp³-hybridized carbons (Fsp3) is 0.500. The van der Waals surface area contributed by atoms with Gasteiger partial charge in [0.15, 0.2) is 17.0 Å². The molecule has 0 spiro atoms. The summed E-state index contributed by atoms with van der Waals surface area (Å²) in [6.07, 6.45) is 4.49. The number of rotatable bonds is 8. The molecule has 0 amide bonds. The zero-order valence-corrected chi connectivity index (χ0v) is 19.7. The highest BCUT2D eigenvalue weighted by atomic mass is 127. The third-order valence-electron chi connectivity index (χ3n) is 5.69. The molecule has 0 bridgehead atoms. The van der Waals surface area contributed by atoms with E-state index >= 15 is 0 Å². The third kappa shape index (κ3) is 4.59. The van der Waals surface area contributed by atoms with Gasteiger partial charge in [0.25, 0.3) is 0 Å². The number of imidazole rings is 1. The van der Waals surface area contributed by atoms with Gasteiger partial charge in [-0.05, 0) is 83.5 Å². The molecule has 0 fully saturated rings. The van der Waals surface area contributed by atoms with Gasteiger partial charge in [-0.1, -0.05) is 19.9 Å². The average Bonchev–Trinajstić information content (AvgIpc) is 3.26. The van der Waals surface area contributed by atoms with E-state index in [1.807, 2.05) is 4.57 Å². The van der Waals surface area contributed by atoms with Crippen LogP contribution in [0.1, 0.15) is 49.2 Å². The predicted molar refractivity (Wildman–Crippen MR) is 126 cm³/mol. The predicted octanol–water partition coefficient (Wildman–Crippen LogP) is 3.87. The van der Waals surface area contributed by atoms with Crippen molar-refractivity contribution in [3.8, 4) is 0 Å². The molecule has 2 aromatic heterocycles. The fourth-order valence-corrected chi connectivity index (χ4v) is 4.79. The molecule has 0 unspecified atom stereocenters. The zero-order valence-electron chi connectivity index (χ0n) is 17.5. The smallest absolute Gasteiger partial charge is 0.312 e. The Labute approximate surface area is 190 Å². The van der Waals surface area contributed by atoms with E-state index in [1.165, 1.54) is 26.7 Å². The van der Waals surface area contributed by atoms with Crippen LogP contribution in [-0.4, -0.2) is 32.6 Å². The second-order valence-electron chi connectivity index (χ2n) is 8.40. The van der Waals surface area contributed by atoms with Crippen molar-refractivity contribution in [1.82, 2.24) is 24.8 Å². The van der Waals surface area contributed by atoms with Crippen LogP contribution in [0, 0.1) is 15.6 Å². The van der Waals surface area contributed by atoms with Crippen LogP contribution in [0.5, 0.6) is 0 Å². The SMILES string of the molecule is CC(C)CCNCCn1c(Cc2cc3c(cc2I)CCC3)nc2c(N)nc(F)nc21. The highest BCUT2D eigenvalue weighted by Crippen LogP contribution is 2.29. The minimum atomic E-state index is -0.812. The van der Waals surface area contributed by atoms with Gasteiger partial charge in [0.2, 0.25) is 0 Å². The van der Waals surface area contributed by atoms with E-state index in [-0.39, 0.29) is 5.82 Å². The van der Waals surface area contributed by atoms with E-state index in [9.17, 15) is 4.39 Å². The van der Waals surface area contributed by atoms with Crippen molar-refractivity contribution in [3.05, 3.63) is 44.3 Å². The summed E-state index contributed by atoms with van der Waals surface area (Å²) in [6.45, 7) is 6.79. The Bertz CT molecular complexity index is 1060. The van der Waals surface area contributed by atoms with Gasteiger partial charge in [-0.2, -0.15) is 14.4 Å². The number of aromatic nitrogens is 4. The van der Waals surface area contributed by atoms with Crippen molar-refractivity contribution in [3.63, 3.8) is 0 Å². The standard InChI is InChI=1S/C22H28FIN6/c1-13(2)6-7-26-8-9-30-18(27-19-20(25)28-22(23)29-21(19)30)12-16-10-14-4-3-5-15(14)11-17(16)24/h10-11,13,26H,3-9,12H2,1-2H3,(H2,25,28,29). The second-order valence-corrected chi connectivity index (χ2v) is 9.57. The van der Waals surface area contributed by atoms with Gasteiger partial charge in [-0.25, -0.2) is 4.98 Å². The van der Waals surface area contributed by atoms with Gasteiger partial charge in [-0.3, -0.25) is 0 Å². The lowest BCUT2D eigenvalue weighted by atomic mass is 10.0. The summed E-state index contributed by atoms with van der Waals surface area (Å²) in [4.78, 5) is 12.4. The molecule has 6 nitrogen and oxygen atoms in total. The summed E-state index contributed by atoms with van der Waals surface area (Å²) < 4.78 is 17.1. The molecule has 0 saturated carbocycles. The topological polar surface area (TPSA) is 81.7 Å². The summed E-state index contributed by atoms with van der Waals surface area (Å²) in [5.41, 5.74) is 11.1. The molecule has 0 saturated heterocycles. The Morgan fingerprint density at radius 2 is 1.93 bits per heavy atom. The number of aryl methyl sites for hydroxylation is 2. The summed E-state index contributed by atoms with van der Waals surface area (Å²) in [7, 11) is 0. The molecule has 0 atom stereocenters. The monoisotopic (exact) mass is 522 g/mol. The van der Waals surface area contributed by atoms with E-state index in [0.717, 1.165) is 38.2 Å². The van der Waals surface area contributed by atoms with E-state index < -0.39 is 6.08 Å². The van der Waals surface area contributed by atoms with Crippen LogP contribution in [0.4, 0.5) is 10.2 Å². The largest absolute Gasteiger partial charge is 0.382 e. The van der Waals surface area contributed by atoms with Gasteiger partial charge >= 0.3 is 6.08 Å². The molecule has 160 valence electrons. The summed E-state index contributed by atoms with van der Waals surface area (Å²) in [6, 6.07) is 4.61. The van der Waals surface area contributed by atoms with E-state index in [1.54, 1.807) is 0 Å². The van der Waals surface area contributed by atoms with Gasteiger partial charge < -0.3 is 15.6 Å². The number of halogens is 2. The Balaban J connectivity index is 1.64. The Morgan fingerprint density at radius 1 is 1.17 bits per heavy atom. The van der Waals surface area contributed by atoms with Crippen LogP contribution in [0.3, 0.4) is 0 Å². The molecule has 1 aliphatic rings. The second kappa shape index (κ2) is 9.13. The Morgan fingerprint density at radius 3 is 2.70 bits per heavy atom. The number of nitrogens with one attached hydrogen (secondary N) is 1. The van der Waals surface area contributed by atoms with Crippen LogP contribution in [0.15, 0.2) is 12.1 Å². The van der Waals surface area contributed by atoms with Crippen LogP contribution in [-0.2, 0) is 25.8 Å². The first-order valence-electron chi connectivity index (χ1n) is 10.6. The van der Waals surface area contributed by atoms with Crippen molar-refractivity contribution in [2.45, 2.75) is 52.5 Å². The number of benzene rings is 1. The average molecular weight is 522 g/mol. The van der Waals surface area contributed by atoms with Gasteiger partial charge in [0.05, 0.1) is 0 Å². The Kier molecular flexibility index (Phi) is 6.52. The van der Waals surface area contributed by atoms with E-state index in [4.69, 9.17) is 10.7 Å². The summed E-state index contributed by atoms with van der Waals surface area (Å²) in [5, 5.41) is 3.47. The quantitative estimate of drug-likeness (QED) is 0.267. The molecular formula is C22H28FIN6. The minimum Gasteiger partial charge on any atom is -0.382 e. The van der Waals surface area contributed by atoms with Gasteiger partial charge in [0, 0.05) is 23.1 Å². The molecular weight excluding hydrogens is 494 g/mol. The highest BCUT2D eigenvalue weighted by molar-refractivity contribution is 14.1. The van der Waals surface area contributed by atoms with Crippen LogP contribution in [0.25, 0.3) is 11.2 Å². The Hall–Kier alpha value is -1.81. The number of fused-ring (bicyclic) bond motifs is 2. The number of nitrogen functional groups attached to an aromatic ring is 1. The van der Waals surface area contributed by atoms with Crippen molar-refractivity contribution in [2.24, 2.45) is 5.92 Å². The van der Waals surface area contributed by atoms with Gasteiger partial charge in [-0.15, -0.1) is 0 Å². The first-order valence-corrected chi connectivity index (χ1v) is 11.7. The molecule has 0 radical (unpaired) electrons. The number of anilines is 1. The third-order valence-corrected chi connectivity index (χ3v) is 6.70. The summed E-state index contributed by atoms with van der Waals surface area (Å²) in [5.74, 6) is 1.60. The molecule has 8 heteroatoms. The van der Waals surface area contributed by atoms with Crippen LogP contribution < -0.4 is 11.1 Å². The van der Waals surface area contributed by atoms with Crippen LogP contribution in [0.2, 0.25) is 0 Å². The number of nitrogens with zero attached hydrogens (tertiary/aromatic N) is 4. The molecule has 2 heterocycles. The lowest BCUT2D eigenvalue weighted by Crippen LogP contribution is -2.23. The molecule has 3 N–H and O–H groups in total. The first-order chi connectivity index (χ1) is 14.4. The molecule has 1 aromatic carbocycles. The van der Waals surface area contributed by atoms with Crippen molar-refractivity contribution < 1.29 is 4.39 Å². The number of hydrogen-bond acceptors (Lipinski definition) is 5. The van der Waals surface area contributed by atoms with Crippen LogP contribution >= 0.6 is 22.6 Å². The molecule has 1 aliphatic carbocycles.